The van der Waals surface area contributed by atoms with E-state index in [0.717, 1.165) is 36.7 Å². The Kier molecular flexibility index (Phi) is 4.11. The Balaban J connectivity index is 1.89. The van der Waals surface area contributed by atoms with Crippen LogP contribution in [0.3, 0.4) is 0 Å². The van der Waals surface area contributed by atoms with E-state index >= 15 is 0 Å². The fourth-order valence-electron chi connectivity index (χ4n) is 3.02. The van der Waals surface area contributed by atoms with Crippen molar-refractivity contribution in [3.05, 3.63) is 41.6 Å². The van der Waals surface area contributed by atoms with E-state index in [1.54, 1.807) is 4.68 Å². The number of nitrogens with zero attached hydrogens (tertiary/aromatic N) is 5. The molecule has 10 heteroatoms. The van der Waals surface area contributed by atoms with Crippen molar-refractivity contribution in [1.29, 1.82) is 0 Å². The van der Waals surface area contributed by atoms with Gasteiger partial charge in [-0.25, -0.2) is 27.6 Å². The molecule has 0 aliphatic heterocycles. The van der Waals surface area contributed by atoms with Gasteiger partial charge in [0.1, 0.15) is 17.2 Å². The first-order chi connectivity index (χ1) is 12.8. The first kappa shape index (κ1) is 17.8. The monoisotopic (exact) mass is 390 g/mol. The zero-order valence-electron chi connectivity index (χ0n) is 14.9. The molecule has 142 valence electrons. The number of primary sulfonamides is 1. The summed E-state index contributed by atoms with van der Waals surface area (Å²) < 4.78 is 41.0. The molecule has 2 N–H and O–H groups in total. The number of nitrogens with two attached hydrogens (primary N) is 1. The molecule has 0 radical (unpaired) electrons. The van der Waals surface area contributed by atoms with Crippen molar-refractivity contribution in [3.8, 4) is 17.2 Å². The minimum absolute atomic E-state index is 0.0395. The summed E-state index contributed by atoms with van der Waals surface area (Å²) in [5.74, 6) is 0.721. The maximum Gasteiger partial charge on any atom is 0.238 e. The topological polar surface area (TPSA) is 109 Å². The van der Waals surface area contributed by atoms with E-state index in [9.17, 15) is 12.8 Å². The third-order valence-electron chi connectivity index (χ3n) is 4.58. The molecule has 0 spiro atoms. The molecule has 1 aliphatic rings. The van der Waals surface area contributed by atoms with Crippen LogP contribution in [0.2, 0.25) is 0 Å². The van der Waals surface area contributed by atoms with Crippen molar-refractivity contribution in [1.82, 2.24) is 24.5 Å². The highest BCUT2D eigenvalue weighted by Crippen LogP contribution is 2.41. The van der Waals surface area contributed by atoms with Gasteiger partial charge in [0.15, 0.2) is 11.6 Å². The van der Waals surface area contributed by atoms with Gasteiger partial charge < -0.3 is 0 Å². The summed E-state index contributed by atoms with van der Waals surface area (Å²) in [5, 5.41) is 14.0. The lowest BCUT2D eigenvalue weighted by atomic mass is 10.2. The van der Waals surface area contributed by atoms with Crippen molar-refractivity contribution in [3.63, 3.8) is 0 Å². The number of rotatable bonds is 5. The molecule has 1 fully saturated rings. The fourth-order valence-corrected chi connectivity index (χ4v) is 3.56. The smallest absolute Gasteiger partial charge is 0.238 e. The molecule has 2 heterocycles. The molecule has 27 heavy (non-hydrogen) atoms. The highest BCUT2D eigenvalue weighted by atomic mass is 32.2. The second-order valence-electron chi connectivity index (χ2n) is 6.63. The number of sulfonamides is 1. The summed E-state index contributed by atoms with van der Waals surface area (Å²) in [6.07, 6.45) is 2.78. The minimum atomic E-state index is -3.98. The summed E-state index contributed by atoms with van der Waals surface area (Å²) >= 11 is 0. The van der Waals surface area contributed by atoms with Crippen LogP contribution in [0.1, 0.15) is 37.2 Å². The van der Waals surface area contributed by atoms with E-state index < -0.39 is 15.8 Å². The van der Waals surface area contributed by atoms with Gasteiger partial charge in [0.25, 0.3) is 0 Å². The number of aryl methyl sites for hydroxylation is 2. The Labute approximate surface area is 155 Å². The van der Waals surface area contributed by atoms with E-state index in [1.807, 2.05) is 20.0 Å². The van der Waals surface area contributed by atoms with Gasteiger partial charge >= 0.3 is 0 Å². The molecule has 0 bridgehead atoms. The van der Waals surface area contributed by atoms with Gasteiger partial charge in [-0.2, -0.15) is 10.2 Å². The normalized spacial score (nSPS) is 14.7. The van der Waals surface area contributed by atoms with E-state index in [4.69, 9.17) is 5.14 Å². The molecule has 0 saturated heterocycles. The predicted octanol–water partition coefficient (Wildman–Crippen LogP) is 1.89. The molecule has 0 amide bonds. The number of benzene rings is 1. The van der Waals surface area contributed by atoms with E-state index in [2.05, 4.69) is 15.2 Å². The molecule has 3 aromatic rings. The lowest BCUT2D eigenvalue weighted by molar-refractivity contribution is 0.594. The summed E-state index contributed by atoms with van der Waals surface area (Å²) in [6, 6.07) is 5.27. The molecule has 1 aromatic carbocycles. The number of halogens is 1. The van der Waals surface area contributed by atoms with E-state index in [0.29, 0.717) is 29.7 Å². The SMILES string of the molecule is CCc1nc(-c2cc(C3CC3)n(C)n2)n(-c2cc(S(N)(=O)=O)ccc2F)n1. The molecular weight excluding hydrogens is 371 g/mol. The number of hydrogen-bond acceptors (Lipinski definition) is 5. The van der Waals surface area contributed by atoms with Crippen LogP contribution < -0.4 is 5.14 Å². The second-order valence-corrected chi connectivity index (χ2v) is 8.19. The van der Waals surface area contributed by atoms with Gasteiger partial charge in [-0.15, -0.1) is 0 Å². The van der Waals surface area contributed by atoms with Gasteiger partial charge in [0.2, 0.25) is 10.0 Å². The zero-order chi connectivity index (χ0) is 19.3. The van der Waals surface area contributed by atoms with Crippen molar-refractivity contribution in [2.75, 3.05) is 0 Å². The first-order valence-corrected chi connectivity index (χ1v) is 10.2. The highest BCUT2D eigenvalue weighted by molar-refractivity contribution is 7.89. The lowest BCUT2D eigenvalue weighted by Gasteiger charge is -2.07. The summed E-state index contributed by atoms with van der Waals surface area (Å²) in [4.78, 5) is 4.27. The van der Waals surface area contributed by atoms with Gasteiger partial charge in [-0.3, -0.25) is 4.68 Å². The van der Waals surface area contributed by atoms with E-state index in [1.165, 1.54) is 4.68 Å². The fraction of sp³-hybridized carbons (Fsp3) is 0.353. The number of aromatic nitrogens is 5. The molecule has 0 atom stereocenters. The highest BCUT2D eigenvalue weighted by Gasteiger charge is 2.29. The molecular formula is C17H19FN6O2S. The van der Waals surface area contributed by atoms with Crippen LogP contribution in [0.4, 0.5) is 4.39 Å². The molecule has 2 aromatic heterocycles. The third kappa shape index (κ3) is 3.26. The Hall–Kier alpha value is -2.59. The van der Waals surface area contributed by atoms with Crippen LogP contribution in [0.15, 0.2) is 29.2 Å². The third-order valence-corrected chi connectivity index (χ3v) is 5.49. The average molecular weight is 390 g/mol. The van der Waals surface area contributed by atoms with Crippen molar-refractivity contribution < 1.29 is 12.8 Å². The standard InChI is InChI=1S/C17H19FN6O2S/c1-3-16-20-17(13-9-14(10-4-5-10)23(2)21-13)24(22-16)15-8-11(27(19,25)26)6-7-12(15)18/h6-10H,3-5H2,1-2H3,(H2,19,25,26). The lowest BCUT2D eigenvalue weighted by Crippen LogP contribution is -2.13. The maximum atomic E-state index is 14.5. The summed E-state index contributed by atoms with van der Waals surface area (Å²) in [5.41, 5.74) is 1.62. The van der Waals surface area contributed by atoms with Crippen molar-refractivity contribution in [2.24, 2.45) is 12.2 Å². The van der Waals surface area contributed by atoms with Gasteiger partial charge in [-0.1, -0.05) is 6.92 Å². The van der Waals surface area contributed by atoms with Gasteiger partial charge in [0.05, 0.1) is 4.90 Å². The molecule has 8 nitrogen and oxygen atoms in total. The largest absolute Gasteiger partial charge is 0.272 e. The molecule has 1 saturated carbocycles. The van der Waals surface area contributed by atoms with Gasteiger partial charge in [0, 0.05) is 25.1 Å². The maximum absolute atomic E-state index is 14.5. The van der Waals surface area contributed by atoms with Crippen LogP contribution >= 0.6 is 0 Å². The Morgan fingerprint density at radius 1 is 1.26 bits per heavy atom. The van der Waals surface area contributed by atoms with Crippen LogP contribution in [0.5, 0.6) is 0 Å². The van der Waals surface area contributed by atoms with Crippen LogP contribution in [-0.4, -0.2) is 33.0 Å². The molecule has 1 aliphatic carbocycles. The summed E-state index contributed by atoms with van der Waals surface area (Å²) in [7, 11) is -2.12. The second kappa shape index (κ2) is 6.24. The minimum Gasteiger partial charge on any atom is -0.272 e. The average Bonchev–Trinajstić information content (AvgIpc) is 3.24. The quantitative estimate of drug-likeness (QED) is 0.716. The zero-order valence-corrected chi connectivity index (χ0v) is 15.7. The summed E-state index contributed by atoms with van der Waals surface area (Å²) in [6.45, 7) is 1.88. The Morgan fingerprint density at radius 3 is 2.63 bits per heavy atom. The van der Waals surface area contributed by atoms with Gasteiger partial charge in [-0.05, 0) is 37.1 Å². The number of hydrogen-bond donors (Lipinski definition) is 1. The van der Waals surface area contributed by atoms with Crippen LogP contribution in [0, 0.1) is 5.82 Å². The van der Waals surface area contributed by atoms with E-state index in [-0.39, 0.29) is 10.6 Å². The molecule has 4 rings (SSSR count). The first-order valence-electron chi connectivity index (χ1n) is 8.61. The van der Waals surface area contributed by atoms with Crippen molar-refractivity contribution in [2.45, 2.75) is 37.0 Å². The molecule has 0 unspecified atom stereocenters. The Morgan fingerprint density at radius 2 is 2.00 bits per heavy atom. The van der Waals surface area contributed by atoms with Crippen molar-refractivity contribution >= 4 is 10.0 Å². The predicted molar refractivity (Wildman–Crippen MR) is 96.2 cm³/mol. The van der Waals surface area contributed by atoms with Crippen LogP contribution in [-0.2, 0) is 23.5 Å². The Bertz CT molecular complexity index is 1130. The van der Waals surface area contributed by atoms with Crippen LogP contribution in [0.25, 0.3) is 17.2 Å².